The van der Waals surface area contributed by atoms with Crippen molar-refractivity contribution in [3.05, 3.63) is 96.7 Å². The van der Waals surface area contributed by atoms with Crippen LogP contribution in [0.1, 0.15) is 5.69 Å². The van der Waals surface area contributed by atoms with Crippen LogP contribution in [0, 0.1) is 10.2 Å². The molecular weight excluding hydrogens is 434 g/mol. The standard InChI is InChI=1S/C22H17N5.ClHO4/c1-2-7-18(8-3-1)26-27-20-14-12-19(13-15-20)25-23-16-21-11-10-17-6-4-5-9-22(17)24-21;2-1(3,4)5/h1-16,25H;(H,2,3,4,5). The summed E-state index contributed by atoms with van der Waals surface area (Å²) in [6, 6.07) is 29.5. The molecule has 3 aromatic carbocycles. The number of rotatable bonds is 5. The molecule has 0 aliphatic heterocycles. The Morgan fingerprint density at radius 1 is 0.688 bits per heavy atom. The summed E-state index contributed by atoms with van der Waals surface area (Å²) in [5.41, 5.74) is 7.52. The van der Waals surface area contributed by atoms with Gasteiger partial charge in [0.15, 0.2) is 0 Å². The van der Waals surface area contributed by atoms with E-state index in [9.17, 15) is 0 Å². The molecule has 0 fully saturated rings. The Bertz CT molecular complexity index is 1190. The summed E-state index contributed by atoms with van der Waals surface area (Å²) >= 11 is 0. The van der Waals surface area contributed by atoms with Gasteiger partial charge in [0.1, 0.15) is 6.21 Å². The lowest BCUT2D eigenvalue weighted by molar-refractivity contribution is -2.00. The molecule has 1 aromatic heterocycles. The molecule has 0 aliphatic carbocycles. The van der Waals surface area contributed by atoms with Gasteiger partial charge in [0.25, 0.3) is 0 Å². The van der Waals surface area contributed by atoms with Gasteiger partial charge < -0.3 is 0 Å². The quantitative estimate of drug-likeness (QED) is 0.269. The topological polar surface area (TPSA) is 155 Å². The first-order chi connectivity index (χ1) is 15.4. The third kappa shape index (κ3) is 8.19. The van der Waals surface area contributed by atoms with Crippen LogP contribution in [-0.2, 0) is 0 Å². The van der Waals surface area contributed by atoms with Crippen LogP contribution in [0.5, 0.6) is 0 Å². The van der Waals surface area contributed by atoms with Crippen LogP contribution in [0.15, 0.2) is 106 Å². The Labute approximate surface area is 185 Å². The number of fused-ring (bicyclic) bond motifs is 1. The number of para-hydroxylation sites is 1. The third-order valence-corrected chi connectivity index (χ3v) is 3.98. The van der Waals surface area contributed by atoms with Crippen molar-refractivity contribution < 1.29 is 33.9 Å². The predicted octanol–water partition coefficient (Wildman–Crippen LogP) is 0.759. The molecule has 0 saturated carbocycles. The highest BCUT2D eigenvalue weighted by Gasteiger charge is 2.02. The molecule has 162 valence electrons. The molecule has 0 amide bonds. The number of aromatic amines is 1. The van der Waals surface area contributed by atoms with Crippen LogP contribution in [-0.4, -0.2) is 6.21 Å². The molecule has 0 radical (unpaired) electrons. The SMILES string of the molecule is C(=NNc1ccc(N=Nc2ccccc2)cc1)c1ccc2ccccc2[nH+]1.[O-][Cl+3]([O-])([O-])[O-]. The van der Waals surface area contributed by atoms with Crippen LogP contribution in [0.4, 0.5) is 17.1 Å². The van der Waals surface area contributed by atoms with E-state index in [0.717, 1.165) is 28.3 Å². The molecule has 0 saturated heterocycles. The number of azo groups is 1. The summed E-state index contributed by atoms with van der Waals surface area (Å²) in [5, 5.41) is 13.9. The lowest BCUT2D eigenvalue weighted by atomic mass is 10.2. The van der Waals surface area contributed by atoms with Gasteiger partial charge >= 0.3 is 0 Å². The van der Waals surface area contributed by atoms with Gasteiger partial charge in [-0.15, -0.1) is 10.2 Å². The lowest BCUT2D eigenvalue weighted by Crippen LogP contribution is -2.68. The van der Waals surface area contributed by atoms with Crippen molar-refractivity contribution >= 4 is 34.2 Å². The average Bonchev–Trinajstić information content (AvgIpc) is 2.78. The maximum atomic E-state index is 8.49. The van der Waals surface area contributed by atoms with Gasteiger partial charge in [0, 0.05) is 17.5 Å². The maximum absolute atomic E-state index is 8.49. The molecule has 0 atom stereocenters. The molecule has 0 spiro atoms. The molecule has 4 rings (SSSR count). The van der Waals surface area contributed by atoms with E-state index in [4.69, 9.17) is 18.6 Å². The Balaban J connectivity index is 0.000000523. The Kier molecular flexibility index (Phi) is 7.92. The van der Waals surface area contributed by atoms with E-state index < -0.39 is 10.2 Å². The normalized spacial score (nSPS) is 11.5. The number of nitrogens with one attached hydrogen (secondary N) is 2. The molecule has 0 unspecified atom stereocenters. The predicted molar refractivity (Wildman–Crippen MR) is 109 cm³/mol. The smallest absolute Gasteiger partial charge is 0.224 e. The molecule has 9 nitrogen and oxygen atoms in total. The van der Waals surface area contributed by atoms with Crippen LogP contribution >= 0.6 is 0 Å². The largest absolute Gasteiger partial charge is 0.278 e. The minimum atomic E-state index is -4.94. The zero-order chi connectivity index (χ0) is 22.8. The van der Waals surface area contributed by atoms with Gasteiger partial charge in [-0.25, -0.2) is 23.6 Å². The van der Waals surface area contributed by atoms with Crippen molar-refractivity contribution in [3.63, 3.8) is 0 Å². The summed E-state index contributed by atoms with van der Waals surface area (Å²) < 4.78 is 34.0. The number of aromatic nitrogens is 1. The Morgan fingerprint density at radius 2 is 1.28 bits per heavy atom. The molecule has 0 aliphatic rings. The van der Waals surface area contributed by atoms with Crippen molar-refractivity contribution in [2.45, 2.75) is 0 Å². The number of pyridine rings is 1. The molecule has 10 heteroatoms. The second kappa shape index (κ2) is 11.0. The highest BCUT2D eigenvalue weighted by Crippen LogP contribution is 2.20. The average molecular weight is 452 g/mol. The van der Waals surface area contributed by atoms with Gasteiger partial charge in [-0.05, 0) is 48.5 Å². The summed E-state index contributed by atoms with van der Waals surface area (Å²) in [5.74, 6) is 0. The third-order valence-electron chi connectivity index (χ3n) is 3.98. The fourth-order valence-corrected chi connectivity index (χ4v) is 2.60. The van der Waals surface area contributed by atoms with Crippen molar-refractivity contribution in [1.82, 2.24) is 0 Å². The number of halogens is 1. The van der Waals surface area contributed by atoms with Crippen LogP contribution in [0.2, 0.25) is 0 Å². The lowest BCUT2D eigenvalue weighted by Gasteiger charge is -2.17. The molecular formula is C22H18ClN5O4. The van der Waals surface area contributed by atoms with Gasteiger partial charge in [-0.3, -0.25) is 5.43 Å². The Morgan fingerprint density at radius 3 is 1.97 bits per heavy atom. The fraction of sp³-hybridized carbons (Fsp3) is 0. The number of nitrogens with zero attached hydrogens (tertiary/aromatic N) is 3. The van der Waals surface area contributed by atoms with Crippen molar-refractivity contribution in [2.75, 3.05) is 5.43 Å². The molecule has 1 heterocycles. The second-order valence-corrected chi connectivity index (χ2v) is 7.09. The first kappa shape index (κ1) is 22.9. The molecule has 2 N–H and O–H groups in total. The van der Waals surface area contributed by atoms with Crippen LogP contribution in [0.25, 0.3) is 10.9 Å². The number of hydrogen-bond donors (Lipinski definition) is 1. The minimum absolute atomic E-state index is 0.788. The molecule has 4 aromatic rings. The number of hydrogen-bond acceptors (Lipinski definition) is 8. The fourth-order valence-electron chi connectivity index (χ4n) is 2.60. The van der Waals surface area contributed by atoms with Gasteiger partial charge in [0.05, 0.1) is 17.1 Å². The first-order valence-corrected chi connectivity index (χ1v) is 10.5. The Hall–Kier alpha value is -3.73. The minimum Gasteiger partial charge on any atom is -0.278 e. The zero-order valence-electron chi connectivity index (χ0n) is 16.6. The van der Waals surface area contributed by atoms with Gasteiger partial charge in [-0.1, -0.05) is 30.3 Å². The number of H-pyrrole nitrogens is 1. The van der Waals surface area contributed by atoms with Crippen LogP contribution < -0.4 is 29.0 Å². The monoisotopic (exact) mass is 451 g/mol. The van der Waals surface area contributed by atoms with Gasteiger partial charge in [0.2, 0.25) is 11.2 Å². The number of anilines is 1. The van der Waals surface area contributed by atoms with Crippen molar-refractivity contribution in [1.29, 1.82) is 0 Å². The van der Waals surface area contributed by atoms with Gasteiger partial charge in [-0.2, -0.15) is 15.3 Å². The van der Waals surface area contributed by atoms with E-state index in [1.807, 2.05) is 78.9 Å². The summed E-state index contributed by atoms with van der Waals surface area (Å²) in [7, 11) is -4.94. The zero-order valence-corrected chi connectivity index (χ0v) is 17.3. The van der Waals surface area contributed by atoms with E-state index in [-0.39, 0.29) is 0 Å². The summed E-state index contributed by atoms with van der Waals surface area (Å²) in [4.78, 5) is 3.34. The van der Waals surface area contributed by atoms with Crippen molar-refractivity contribution in [3.8, 4) is 0 Å². The van der Waals surface area contributed by atoms with E-state index in [1.165, 1.54) is 5.39 Å². The summed E-state index contributed by atoms with van der Waals surface area (Å²) in [6.07, 6.45) is 1.76. The van der Waals surface area contributed by atoms with E-state index in [1.54, 1.807) is 6.21 Å². The van der Waals surface area contributed by atoms with Crippen molar-refractivity contribution in [2.24, 2.45) is 15.3 Å². The first-order valence-electron chi connectivity index (χ1n) is 9.25. The highest BCUT2D eigenvalue weighted by atomic mass is 35.7. The highest BCUT2D eigenvalue weighted by molar-refractivity contribution is 5.81. The van der Waals surface area contributed by atoms with E-state index >= 15 is 0 Å². The molecule has 0 bridgehead atoms. The maximum Gasteiger partial charge on any atom is 0.224 e. The molecule has 32 heavy (non-hydrogen) atoms. The van der Waals surface area contributed by atoms with Crippen LogP contribution in [0.3, 0.4) is 0 Å². The van der Waals surface area contributed by atoms with E-state index in [2.05, 4.69) is 37.9 Å². The number of hydrazone groups is 1. The second-order valence-electron chi connectivity index (χ2n) is 6.33. The summed E-state index contributed by atoms with van der Waals surface area (Å²) in [6.45, 7) is 0. The number of benzene rings is 3. The van der Waals surface area contributed by atoms with E-state index in [0.29, 0.717) is 0 Å².